The average molecular weight is 319 g/mol. The fraction of sp³-hybridized carbons (Fsp3) is 0.188. The molecule has 1 N–H and O–H groups in total. The Bertz CT molecular complexity index is 750. The lowest BCUT2D eigenvalue weighted by Gasteiger charge is -2.08. The number of hydrogen-bond donors (Lipinski definition) is 1. The topological polar surface area (TPSA) is 72.5 Å². The normalized spacial score (nSPS) is 11.0. The standard InChI is InChI=1S/C16H17NO4S/c1-12-3-5-13(6-4-12)11-16(18)17-22(19,20)15-9-7-14(21-2)8-10-15/h3-10H,11H2,1-2H3,(H,17,18). The summed E-state index contributed by atoms with van der Waals surface area (Å²) in [5, 5.41) is 0. The number of benzene rings is 2. The lowest BCUT2D eigenvalue weighted by Crippen LogP contribution is -2.31. The molecule has 2 aromatic carbocycles. The predicted octanol–water partition coefficient (Wildman–Crippen LogP) is 2.05. The molecule has 5 nitrogen and oxygen atoms in total. The molecular formula is C16H17NO4S. The number of methoxy groups -OCH3 is 1. The van der Waals surface area contributed by atoms with E-state index >= 15 is 0 Å². The van der Waals surface area contributed by atoms with Gasteiger partial charge in [0, 0.05) is 0 Å². The monoisotopic (exact) mass is 319 g/mol. The van der Waals surface area contributed by atoms with Crippen molar-refractivity contribution in [2.24, 2.45) is 0 Å². The Hall–Kier alpha value is -2.34. The molecule has 2 aromatic rings. The summed E-state index contributed by atoms with van der Waals surface area (Å²) in [5.74, 6) is -0.0235. The summed E-state index contributed by atoms with van der Waals surface area (Å²) >= 11 is 0. The maximum absolute atomic E-state index is 12.1. The summed E-state index contributed by atoms with van der Waals surface area (Å²) in [6.45, 7) is 1.94. The van der Waals surface area contributed by atoms with Gasteiger partial charge in [0.1, 0.15) is 5.75 Å². The van der Waals surface area contributed by atoms with Crippen molar-refractivity contribution in [1.29, 1.82) is 0 Å². The van der Waals surface area contributed by atoms with E-state index in [1.165, 1.54) is 31.4 Å². The van der Waals surface area contributed by atoms with Crippen molar-refractivity contribution < 1.29 is 17.9 Å². The first-order chi connectivity index (χ1) is 10.4. The van der Waals surface area contributed by atoms with Crippen LogP contribution in [0.15, 0.2) is 53.4 Å². The zero-order valence-corrected chi connectivity index (χ0v) is 13.2. The van der Waals surface area contributed by atoms with Crippen molar-refractivity contribution in [3.8, 4) is 5.75 Å². The van der Waals surface area contributed by atoms with Crippen LogP contribution in [0.4, 0.5) is 0 Å². The number of carbonyl (C=O) groups is 1. The van der Waals surface area contributed by atoms with Gasteiger partial charge in [-0.2, -0.15) is 0 Å². The first-order valence-corrected chi connectivity index (χ1v) is 8.14. The van der Waals surface area contributed by atoms with Gasteiger partial charge in [-0.15, -0.1) is 0 Å². The van der Waals surface area contributed by atoms with Gasteiger partial charge in [-0.25, -0.2) is 13.1 Å². The third-order valence-corrected chi connectivity index (χ3v) is 4.49. The molecule has 0 aliphatic rings. The van der Waals surface area contributed by atoms with Crippen molar-refractivity contribution >= 4 is 15.9 Å². The van der Waals surface area contributed by atoms with E-state index in [-0.39, 0.29) is 11.3 Å². The van der Waals surface area contributed by atoms with Crippen LogP contribution < -0.4 is 9.46 Å². The van der Waals surface area contributed by atoms with E-state index in [1.807, 2.05) is 19.1 Å². The molecule has 0 unspecified atom stereocenters. The minimum absolute atomic E-state index is 0.00959. The van der Waals surface area contributed by atoms with Crippen LogP contribution >= 0.6 is 0 Å². The number of carbonyl (C=O) groups excluding carboxylic acids is 1. The lowest BCUT2D eigenvalue weighted by molar-refractivity contribution is -0.118. The second kappa shape index (κ2) is 6.62. The zero-order valence-electron chi connectivity index (χ0n) is 12.4. The van der Waals surface area contributed by atoms with Gasteiger partial charge in [0.25, 0.3) is 10.0 Å². The van der Waals surface area contributed by atoms with Gasteiger partial charge in [0.05, 0.1) is 18.4 Å². The van der Waals surface area contributed by atoms with E-state index in [0.717, 1.165) is 11.1 Å². The molecule has 1 amide bonds. The molecule has 0 aliphatic heterocycles. The van der Waals surface area contributed by atoms with E-state index in [0.29, 0.717) is 5.75 Å². The lowest BCUT2D eigenvalue weighted by atomic mass is 10.1. The maximum atomic E-state index is 12.1. The molecule has 6 heteroatoms. The van der Waals surface area contributed by atoms with Crippen molar-refractivity contribution in [2.75, 3.05) is 7.11 Å². The van der Waals surface area contributed by atoms with Crippen molar-refractivity contribution in [3.63, 3.8) is 0 Å². The Labute approximate surface area is 130 Å². The highest BCUT2D eigenvalue weighted by Crippen LogP contribution is 2.15. The molecule has 0 spiro atoms. The van der Waals surface area contributed by atoms with Crippen LogP contribution in [0, 0.1) is 6.92 Å². The molecule has 0 aliphatic carbocycles. The summed E-state index contributed by atoms with van der Waals surface area (Å²) < 4.78 is 31.3. The quantitative estimate of drug-likeness (QED) is 0.915. The number of rotatable bonds is 5. The van der Waals surface area contributed by atoms with Crippen molar-refractivity contribution in [2.45, 2.75) is 18.2 Å². The highest BCUT2D eigenvalue weighted by molar-refractivity contribution is 7.90. The Balaban J connectivity index is 2.07. The molecule has 0 saturated heterocycles. The average Bonchev–Trinajstić information content (AvgIpc) is 2.49. The van der Waals surface area contributed by atoms with E-state index < -0.39 is 15.9 Å². The molecule has 0 fully saturated rings. The molecule has 0 radical (unpaired) electrons. The Morgan fingerprint density at radius 3 is 2.18 bits per heavy atom. The predicted molar refractivity (Wildman–Crippen MR) is 83.2 cm³/mol. The van der Waals surface area contributed by atoms with Gasteiger partial charge in [0.15, 0.2) is 0 Å². The molecule has 0 atom stereocenters. The van der Waals surface area contributed by atoms with Gasteiger partial charge >= 0.3 is 0 Å². The fourth-order valence-electron chi connectivity index (χ4n) is 1.89. The minimum atomic E-state index is -3.87. The van der Waals surface area contributed by atoms with Crippen LogP contribution in [-0.4, -0.2) is 21.4 Å². The Kier molecular flexibility index (Phi) is 4.82. The largest absolute Gasteiger partial charge is 0.497 e. The van der Waals surface area contributed by atoms with Gasteiger partial charge in [-0.05, 0) is 36.8 Å². The van der Waals surface area contributed by atoms with Crippen LogP contribution in [-0.2, 0) is 21.2 Å². The Morgan fingerprint density at radius 1 is 1.05 bits per heavy atom. The summed E-state index contributed by atoms with van der Waals surface area (Å²) in [6, 6.07) is 13.2. The van der Waals surface area contributed by atoms with Crippen LogP contribution in [0.25, 0.3) is 0 Å². The molecule has 0 aromatic heterocycles. The maximum Gasteiger partial charge on any atom is 0.264 e. The summed E-state index contributed by atoms with van der Waals surface area (Å²) in [6.07, 6.45) is 0.00959. The van der Waals surface area contributed by atoms with Gasteiger partial charge in [0.2, 0.25) is 5.91 Å². The van der Waals surface area contributed by atoms with E-state index in [9.17, 15) is 13.2 Å². The molecule has 0 bridgehead atoms. The van der Waals surface area contributed by atoms with Crippen molar-refractivity contribution in [1.82, 2.24) is 4.72 Å². The highest BCUT2D eigenvalue weighted by atomic mass is 32.2. The summed E-state index contributed by atoms with van der Waals surface area (Å²) in [7, 11) is -2.37. The Morgan fingerprint density at radius 2 is 1.64 bits per heavy atom. The van der Waals surface area contributed by atoms with Gasteiger partial charge in [-0.1, -0.05) is 29.8 Å². The third-order valence-electron chi connectivity index (χ3n) is 3.10. The summed E-state index contributed by atoms with van der Waals surface area (Å²) in [4.78, 5) is 11.9. The van der Waals surface area contributed by atoms with Gasteiger partial charge in [-0.3, -0.25) is 4.79 Å². The van der Waals surface area contributed by atoms with Crippen LogP contribution in [0.1, 0.15) is 11.1 Å². The second-order valence-electron chi connectivity index (χ2n) is 4.87. The first kappa shape index (κ1) is 16.0. The highest BCUT2D eigenvalue weighted by Gasteiger charge is 2.17. The number of hydrogen-bond acceptors (Lipinski definition) is 4. The first-order valence-electron chi connectivity index (χ1n) is 6.66. The molecule has 2 rings (SSSR count). The zero-order chi connectivity index (χ0) is 16.2. The smallest absolute Gasteiger partial charge is 0.264 e. The van der Waals surface area contributed by atoms with Crippen LogP contribution in [0.5, 0.6) is 5.75 Å². The molecule has 0 heterocycles. The van der Waals surface area contributed by atoms with E-state index in [2.05, 4.69) is 4.72 Å². The SMILES string of the molecule is COc1ccc(S(=O)(=O)NC(=O)Cc2ccc(C)cc2)cc1. The second-order valence-corrected chi connectivity index (χ2v) is 6.55. The molecule has 0 saturated carbocycles. The van der Waals surface area contributed by atoms with Crippen LogP contribution in [0.2, 0.25) is 0 Å². The van der Waals surface area contributed by atoms with E-state index in [1.54, 1.807) is 12.1 Å². The van der Waals surface area contributed by atoms with Crippen LogP contribution in [0.3, 0.4) is 0 Å². The molecule has 22 heavy (non-hydrogen) atoms. The minimum Gasteiger partial charge on any atom is -0.497 e. The van der Waals surface area contributed by atoms with Crippen molar-refractivity contribution in [3.05, 3.63) is 59.7 Å². The third kappa shape index (κ3) is 4.08. The summed E-state index contributed by atoms with van der Waals surface area (Å²) in [5.41, 5.74) is 1.84. The van der Waals surface area contributed by atoms with E-state index in [4.69, 9.17) is 4.74 Å². The number of amides is 1. The fourth-order valence-corrected chi connectivity index (χ4v) is 2.88. The number of nitrogens with one attached hydrogen (secondary N) is 1. The number of aryl methyl sites for hydroxylation is 1. The number of ether oxygens (including phenoxy) is 1. The molecule has 116 valence electrons. The number of sulfonamides is 1. The molecular weight excluding hydrogens is 302 g/mol. The van der Waals surface area contributed by atoms with Gasteiger partial charge < -0.3 is 4.74 Å².